The largest absolute Gasteiger partial charge is 0.383 e. The molecule has 0 aromatic carbocycles. The highest BCUT2D eigenvalue weighted by atomic mass is 16.5. The Bertz CT molecular complexity index is 275. The maximum absolute atomic E-state index is 11.8. The van der Waals surface area contributed by atoms with Crippen LogP contribution in [0.2, 0.25) is 0 Å². The number of rotatable bonds is 6. The second kappa shape index (κ2) is 6.56. The lowest BCUT2D eigenvalue weighted by Gasteiger charge is -2.22. The fourth-order valence-electron chi connectivity index (χ4n) is 1.80. The number of amides is 2. The fraction of sp³-hybridized carbons (Fsp3) is 0.818. The Labute approximate surface area is 101 Å². The van der Waals surface area contributed by atoms with Crippen LogP contribution in [0.1, 0.15) is 19.8 Å². The Balaban J connectivity index is 2.21. The van der Waals surface area contributed by atoms with Gasteiger partial charge >= 0.3 is 0 Å². The molecule has 1 heterocycles. The summed E-state index contributed by atoms with van der Waals surface area (Å²) in [4.78, 5) is 23.2. The van der Waals surface area contributed by atoms with Gasteiger partial charge in [0.25, 0.3) is 0 Å². The van der Waals surface area contributed by atoms with E-state index in [2.05, 4.69) is 16.0 Å². The van der Waals surface area contributed by atoms with Gasteiger partial charge in [0, 0.05) is 13.7 Å². The first-order chi connectivity index (χ1) is 8.08. The van der Waals surface area contributed by atoms with Crippen molar-refractivity contribution in [3.05, 3.63) is 0 Å². The highest BCUT2D eigenvalue weighted by Crippen LogP contribution is 2.17. The normalized spacial score (nSPS) is 23.4. The Hall–Kier alpha value is -1.14. The number of hydrogen-bond donors (Lipinski definition) is 3. The molecule has 1 unspecified atom stereocenters. The van der Waals surface area contributed by atoms with E-state index in [0.717, 1.165) is 19.4 Å². The van der Waals surface area contributed by atoms with Gasteiger partial charge in [-0.2, -0.15) is 0 Å². The van der Waals surface area contributed by atoms with Crippen LogP contribution >= 0.6 is 0 Å². The van der Waals surface area contributed by atoms with Gasteiger partial charge < -0.3 is 20.7 Å². The van der Waals surface area contributed by atoms with Crippen LogP contribution in [0.15, 0.2) is 0 Å². The Kier molecular flexibility index (Phi) is 5.37. The summed E-state index contributed by atoms with van der Waals surface area (Å²) in [5.41, 5.74) is -0.521. The van der Waals surface area contributed by atoms with Gasteiger partial charge in [0.15, 0.2) is 0 Å². The number of nitrogens with one attached hydrogen (secondary N) is 3. The molecule has 98 valence electrons. The predicted octanol–water partition coefficient (Wildman–Crippen LogP) is -0.993. The lowest BCUT2D eigenvalue weighted by Crippen LogP contribution is -2.53. The van der Waals surface area contributed by atoms with Crippen LogP contribution in [0.3, 0.4) is 0 Å². The predicted molar refractivity (Wildman–Crippen MR) is 63.5 cm³/mol. The SMILES string of the molecule is COCCNC(=O)CNC(=O)C1(C)CCCN1. The summed E-state index contributed by atoms with van der Waals surface area (Å²) < 4.78 is 4.80. The minimum absolute atomic E-state index is 0.0137. The van der Waals surface area contributed by atoms with Crippen molar-refractivity contribution in [3.8, 4) is 0 Å². The van der Waals surface area contributed by atoms with Crippen molar-refractivity contribution in [3.63, 3.8) is 0 Å². The number of hydrogen-bond acceptors (Lipinski definition) is 4. The minimum Gasteiger partial charge on any atom is -0.383 e. The number of carbonyl (C=O) groups is 2. The molecule has 6 heteroatoms. The first-order valence-corrected chi connectivity index (χ1v) is 5.87. The Morgan fingerprint density at radius 2 is 2.18 bits per heavy atom. The zero-order valence-corrected chi connectivity index (χ0v) is 10.5. The van der Waals surface area contributed by atoms with E-state index in [1.54, 1.807) is 7.11 Å². The molecule has 1 atom stereocenters. The van der Waals surface area contributed by atoms with Crippen molar-refractivity contribution < 1.29 is 14.3 Å². The highest BCUT2D eigenvalue weighted by Gasteiger charge is 2.35. The molecule has 0 aliphatic carbocycles. The van der Waals surface area contributed by atoms with Gasteiger partial charge in [-0.1, -0.05) is 0 Å². The van der Waals surface area contributed by atoms with Crippen LogP contribution < -0.4 is 16.0 Å². The van der Waals surface area contributed by atoms with Gasteiger partial charge in [0.1, 0.15) is 0 Å². The molecule has 0 radical (unpaired) electrons. The monoisotopic (exact) mass is 243 g/mol. The number of carbonyl (C=O) groups excluding carboxylic acids is 2. The molecular formula is C11H21N3O3. The van der Waals surface area contributed by atoms with Crippen molar-refractivity contribution in [1.29, 1.82) is 0 Å². The highest BCUT2D eigenvalue weighted by molar-refractivity contribution is 5.90. The summed E-state index contributed by atoms with van der Waals surface area (Å²) in [6, 6.07) is 0. The maximum Gasteiger partial charge on any atom is 0.240 e. The molecule has 1 aliphatic rings. The summed E-state index contributed by atoms with van der Waals surface area (Å²) in [6.07, 6.45) is 1.80. The summed E-state index contributed by atoms with van der Waals surface area (Å²) in [7, 11) is 1.57. The van der Waals surface area contributed by atoms with Crippen LogP contribution in [0, 0.1) is 0 Å². The van der Waals surface area contributed by atoms with Gasteiger partial charge in [0.05, 0.1) is 18.7 Å². The van der Waals surface area contributed by atoms with E-state index < -0.39 is 5.54 Å². The van der Waals surface area contributed by atoms with Crippen LogP contribution in [0.25, 0.3) is 0 Å². The van der Waals surface area contributed by atoms with Crippen LogP contribution in [-0.4, -0.2) is 50.7 Å². The Morgan fingerprint density at radius 1 is 1.41 bits per heavy atom. The average Bonchev–Trinajstić information content (AvgIpc) is 2.75. The summed E-state index contributed by atoms with van der Waals surface area (Å²) in [6.45, 7) is 3.65. The average molecular weight is 243 g/mol. The lowest BCUT2D eigenvalue weighted by atomic mass is 9.99. The van der Waals surface area contributed by atoms with Gasteiger partial charge in [0.2, 0.25) is 11.8 Å². The molecule has 3 N–H and O–H groups in total. The first-order valence-electron chi connectivity index (χ1n) is 5.87. The van der Waals surface area contributed by atoms with Gasteiger partial charge in [-0.05, 0) is 26.3 Å². The molecule has 1 aliphatic heterocycles. The smallest absolute Gasteiger partial charge is 0.240 e. The molecule has 6 nitrogen and oxygen atoms in total. The zero-order valence-electron chi connectivity index (χ0n) is 10.5. The molecular weight excluding hydrogens is 222 g/mol. The van der Waals surface area contributed by atoms with Crippen molar-refractivity contribution in [2.24, 2.45) is 0 Å². The van der Waals surface area contributed by atoms with Crippen molar-refractivity contribution >= 4 is 11.8 Å². The topological polar surface area (TPSA) is 79.5 Å². The van der Waals surface area contributed by atoms with E-state index >= 15 is 0 Å². The van der Waals surface area contributed by atoms with Gasteiger partial charge in [-0.15, -0.1) is 0 Å². The fourth-order valence-corrected chi connectivity index (χ4v) is 1.80. The third-order valence-corrected chi connectivity index (χ3v) is 2.91. The summed E-state index contributed by atoms with van der Waals surface area (Å²) >= 11 is 0. The summed E-state index contributed by atoms with van der Waals surface area (Å²) in [5.74, 6) is -0.311. The molecule has 1 saturated heterocycles. The van der Waals surface area contributed by atoms with E-state index in [0.29, 0.717) is 13.2 Å². The first kappa shape index (κ1) is 13.9. The third kappa shape index (κ3) is 4.32. The van der Waals surface area contributed by atoms with Crippen molar-refractivity contribution in [2.45, 2.75) is 25.3 Å². The number of ether oxygens (including phenoxy) is 1. The molecule has 0 spiro atoms. The third-order valence-electron chi connectivity index (χ3n) is 2.91. The van der Waals surface area contributed by atoms with E-state index in [-0.39, 0.29) is 18.4 Å². The zero-order chi connectivity index (χ0) is 12.7. The molecule has 17 heavy (non-hydrogen) atoms. The Morgan fingerprint density at radius 3 is 2.76 bits per heavy atom. The molecule has 0 bridgehead atoms. The van der Waals surface area contributed by atoms with Crippen molar-refractivity contribution in [2.75, 3.05) is 33.4 Å². The number of methoxy groups -OCH3 is 1. The van der Waals surface area contributed by atoms with Crippen LogP contribution in [-0.2, 0) is 14.3 Å². The quantitative estimate of drug-likeness (QED) is 0.523. The second-order valence-electron chi connectivity index (χ2n) is 4.39. The van der Waals surface area contributed by atoms with E-state index in [1.165, 1.54) is 0 Å². The summed E-state index contributed by atoms with van der Waals surface area (Å²) in [5, 5.41) is 8.43. The van der Waals surface area contributed by atoms with Gasteiger partial charge in [-0.3, -0.25) is 9.59 Å². The van der Waals surface area contributed by atoms with E-state index in [4.69, 9.17) is 4.74 Å². The maximum atomic E-state index is 11.8. The van der Waals surface area contributed by atoms with Crippen LogP contribution in [0.4, 0.5) is 0 Å². The standard InChI is InChI=1S/C11H21N3O3/c1-11(4-3-5-14-11)10(16)13-8-9(15)12-6-7-17-2/h14H,3-8H2,1-2H3,(H,12,15)(H,13,16). The molecule has 2 amide bonds. The lowest BCUT2D eigenvalue weighted by molar-refractivity contribution is -0.129. The van der Waals surface area contributed by atoms with Crippen molar-refractivity contribution in [1.82, 2.24) is 16.0 Å². The minimum atomic E-state index is -0.521. The molecule has 0 aromatic rings. The van der Waals surface area contributed by atoms with E-state index in [9.17, 15) is 9.59 Å². The molecule has 1 rings (SSSR count). The second-order valence-corrected chi connectivity index (χ2v) is 4.39. The van der Waals surface area contributed by atoms with E-state index in [1.807, 2.05) is 6.92 Å². The molecule has 0 aromatic heterocycles. The molecule has 1 fully saturated rings. The molecule has 0 saturated carbocycles. The van der Waals surface area contributed by atoms with Crippen LogP contribution in [0.5, 0.6) is 0 Å². The van der Waals surface area contributed by atoms with Gasteiger partial charge in [-0.25, -0.2) is 0 Å².